The van der Waals surface area contributed by atoms with Gasteiger partial charge in [0, 0.05) is 17.1 Å². The van der Waals surface area contributed by atoms with Gasteiger partial charge in [-0.3, -0.25) is 4.98 Å². The van der Waals surface area contributed by atoms with Gasteiger partial charge in [0.05, 0.1) is 17.8 Å². The summed E-state index contributed by atoms with van der Waals surface area (Å²) in [5.74, 6) is 0.223. The molecular weight excluding hydrogens is 364 g/mol. The molecule has 0 saturated heterocycles. The number of fused-ring (bicyclic) bond motifs is 2. The van der Waals surface area contributed by atoms with E-state index in [0.717, 1.165) is 27.6 Å². The Labute approximate surface area is 165 Å². The lowest BCUT2D eigenvalue weighted by molar-refractivity contribution is 0.827. The molecule has 0 aliphatic rings. The van der Waals surface area contributed by atoms with E-state index in [2.05, 4.69) is 30.3 Å². The third kappa shape index (κ3) is 2.64. The molecule has 8 nitrogen and oxygen atoms in total. The Kier molecular flexibility index (Phi) is 3.67. The average molecular weight is 378 g/mol. The molecule has 2 aromatic carbocycles. The van der Waals surface area contributed by atoms with Crippen molar-refractivity contribution in [3.8, 4) is 22.5 Å². The van der Waals surface area contributed by atoms with Crippen molar-refractivity contribution >= 4 is 28.1 Å². The smallest absolute Gasteiger partial charge is 0.222 e. The molecule has 3 aromatic heterocycles. The minimum absolute atomic E-state index is 0.223. The van der Waals surface area contributed by atoms with Crippen molar-refractivity contribution in [2.75, 3.05) is 5.73 Å². The van der Waals surface area contributed by atoms with Gasteiger partial charge in [-0.1, -0.05) is 24.3 Å². The maximum Gasteiger partial charge on any atom is 0.222 e. The fourth-order valence-electron chi connectivity index (χ4n) is 3.44. The molecule has 138 valence electrons. The van der Waals surface area contributed by atoms with Gasteiger partial charge in [0.2, 0.25) is 5.65 Å². The summed E-state index contributed by atoms with van der Waals surface area (Å²) in [7, 11) is 0. The van der Waals surface area contributed by atoms with Gasteiger partial charge in [-0.25, -0.2) is 9.83 Å². The minimum atomic E-state index is 0.223. The van der Waals surface area contributed by atoms with Crippen LogP contribution in [0.25, 0.3) is 43.9 Å². The summed E-state index contributed by atoms with van der Waals surface area (Å²) < 4.78 is 1.59. The van der Waals surface area contributed by atoms with E-state index < -0.39 is 0 Å². The number of tetrazole rings is 1. The molecule has 0 fully saturated rings. The van der Waals surface area contributed by atoms with Gasteiger partial charge in [0.1, 0.15) is 5.69 Å². The molecular formula is C21H14N8. The number of hydrogen-bond acceptors (Lipinski definition) is 6. The standard InChI is InChI=1S/C21H14N8/c1-12-8-9-24-17-7-6-14(11-16(12)17)19-18(13-4-3-5-15(10-13)23-2)25-20(22)21-26-27-28-29(19)21/h3-11H,1H3,(H2,22,25). The molecule has 2 N–H and O–H groups in total. The Bertz CT molecular complexity index is 1440. The van der Waals surface area contributed by atoms with Crippen LogP contribution in [-0.4, -0.2) is 30.0 Å². The quantitative estimate of drug-likeness (QED) is 0.469. The topological polar surface area (TPSA) is 99.2 Å². The van der Waals surface area contributed by atoms with Crippen LogP contribution in [0.1, 0.15) is 5.56 Å². The second kappa shape index (κ2) is 6.35. The van der Waals surface area contributed by atoms with E-state index in [1.807, 2.05) is 43.3 Å². The number of rotatable bonds is 2. The molecule has 8 heteroatoms. The number of aromatic nitrogens is 6. The Morgan fingerprint density at radius 2 is 1.97 bits per heavy atom. The van der Waals surface area contributed by atoms with Crippen molar-refractivity contribution in [1.82, 2.24) is 30.0 Å². The fraction of sp³-hybridized carbons (Fsp3) is 0.0476. The molecule has 0 unspecified atom stereocenters. The highest BCUT2D eigenvalue weighted by atomic mass is 15.5. The van der Waals surface area contributed by atoms with Gasteiger partial charge in [0.15, 0.2) is 11.5 Å². The second-order valence-electron chi connectivity index (χ2n) is 6.63. The van der Waals surface area contributed by atoms with Gasteiger partial charge < -0.3 is 5.73 Å². The Morgan fingerprint density at radius 3 is 2.83 bits per heavy atom. The van der Waals surface area contributed by atoms with Crippen LogP contribution in [0.15, 0.2) is 54.7 Å². The lowest BCUT2D eigenvalue weighted by Gasteiger charge is -2.13. The van der Waals surface area contributed by atoms with Gasteiger partial charge in [-0.15, -0.1) is 5.10 Å². The fourth-order valence-corrected chi connectivity index (χ4v) is 3.44. The SMILES string of the molecule is [C-]#[N+]c1cccc(-c2nc(N)c3nnnn3c2-c2ccc3nccc(C)c3c2)c1. The maximum absolute atomic E-state index is 7.32. The van der Waals surface area contributed by atoms with E-state index in [4.69, 9.17) is 12.3 Å². The van der Waals surface area contributed by atoms with Crippen LogP contribution in [0.2, 0.25) is 0 Å². The number of anilines is 1. The lowest BCUT2D eigenvalue weighted by atomic mass is 10.0. The third-order valence-corrected chi connectivity index (χ3v) is 4.85. The molecule has 3 heterocycles. The van der Waals surface area contributed by atoms with Gasteiger partial charge in [-0.05, 0) is 52.7 Å². The maximum atomic E-state index is 7.32. The van der Waals surface area contributed by atoms with Crippen molar-refractivity contribution in [1.29, 1.82) is 0 Å². The van der Waals surface area contributed by atoms with Gasteiger partial charge >= 0.3 is 0 Å². The normalized spacial score (nSPS) is 11.0. The summed E-state index contributed by atoms with van der Waals surface area (Å²) in [5.41, 5.74) is 12.0. The first-order valence-electron chi connectivity index (χ1n) is 8.87. The first-order valence-corrected chi connectivity index (χ1v) is 8.87. The number of pyridine rings is 1. The van der Waals surface area contributed by atoms with Crippen molar-refractivity contribution in [2.45, 2.75) is 6.92 Å². The summed E-state index contributed by atoms with van der Waals surface area (Å²) >= 11 is 0. The van der Waals surface area contributed by atoms with E-state index in [-0.39, 0.29) is 5.82 Å². The molecule has 0 bridgehead atoms. The molecule has 0 radical (unpaired) electrons. The Balaban J connectivity index is 1.87. The molecule has 5 rings (SSSR count). The Morgan fingerprint density at radius 1 is 1.07 bits per heavy atom. The summed E-state index contributed by atoms with van der Waals surface area (Å²) in [6.07, 6.45) is 1.79. The molecule has 0 amide bonds. The first kappa shape index (κ1) is 16.8. The highest BCUT2D eigenvalue weighted by molar-refractivity contribution is 5.90. The third-order valence-electron chi connectivity index (χ3n) is 4.85. The Hall–Kier alpha value is -4.38. The van der Waals surface area contributed by atoms with E-state index >= 15 is 0 Å². The summed E-state index contributed by atoms with van der Waals surface area (Å²) in [6, 6.07) is 15.2. The van der Waals surface area contributed by atoms with Crippen LogP contribution < -0.4 is 5.73 Å². The van der Waals surface area contributed by atoms with E-state index in [9.17, 15) is 0 Å². The number of nitrogens with zero attached hydrogens (tertiary/aromatic N) is 7. The van der Waals surface area contributed by atoms with Crippen LogP contribution in [0.4, 0.5) is 11.5 Å². The molecule has 0 atom stereocenters. The second-order valence-corrected chi connectivity index (χ2v) is 6.63. The van der Waals surface area contributed by atoms with Crippen LogP contribution >= 0.6 is 0 Å². The predicted octanol–water partition coefficient (Wildman–Crippen LogP) is 3.84. The van der Waals surface area contributed by atoms with E-state index in [1.54, 1.807) is 22.8 Å². The summed E-state index contributed by atoms with van der Waals surface area (Å²) in [6.45, 7) is 9.36. The van der Waals surface area contributed by atoms with Crippen LogP contribution in [0.3, 0.4) is 0 Å². The van der Waals surface area contributed by atoms with E-state index in [1.165, 1.54) is 0 Å². The van der Waals surface area contributed by atoms with Crippen molar-refractivity contribution in [2.24, 2.45) is 0 Å². The zero-order valence-electron chi connectivity index (χ0n) is 15.4. The van der Waals surface area contributed by atoms with Crippen LogP contribution in [-0.2, 0) is 0 Å². The summed E-state index contributed by atoms with van der Waals surface area (Å²) in [4.78, 5) is 12.5. The number of hydrogen-bond donors (Lipinski definition) is 1. The van der Waals surface area contributed by atoms with Gasteiger partial charge in [-0.2, -0.15) is 4.52 Å². The number of aryl methyl sites for hydroxylation is 1. The largest absolute Gasteiger partial charge is 0.380 e. The van der Waals surface area contributed by atoms with Crippen molar-refractivity contribution in [3.63, 3.8) is 0 Å². The molecule has 0 aliphatic carbocycles. The lowest BCUT2D eigenvalue weighted by Crippen LogP contribution is -2.05. The number of nitrogen functional groups attached to an aromatic ring is 1. The average Bonchev–Trinajstić information content (AvgIpc) is 3.24. The van der Waals surface area contributed by atoms with Crippen LogP contribution in [0.5, 0.6) is 0 Å². The van der Waals surface area contributed by atoms with E-state index in [0.29, 0.717) is 22.7 Å². The molecule has 0 aliphatic heterocycles. The molecule has 29 heavy (non-hydrogen) atoms. The minimum Gasteiger partial charge on any atom is -0.380 e. The number of nitrogens with two attached hydrogens (primary N) is 1. The highest BCUT2D eigenvalue weighted by Crippen LogP contribution is 2.35. The summed E-state index contributed by atoms with van der Waals surface area (Å²) in [5, 5.41) is 13.0. The molecule has 5 aromatic rings. The number of benzene rings is 2. The zero-order valence-corrected chi connectivity index (χ0v) is 15.4. The zero-order chi connectivity index (χ0) is 20.0. The highest BCUT2D eigenvalue weighted by Gasteiger charge is 2.19. The monoisotopic (exact) mass is 378 g/mol. The first-order chi connectivity index (χ1) is 14.2. The van der Waals surface area contributed by atoms with Crippen molar-refractivity contribution < 1.29 is 0 Å². The van der Waals surface area contributed by atoms with Crippen molar-refractivity contribution in [3.05, 3.63) is 71.7 Å². The molecule has 0 spiro atoms. The molecule has 0 saturated carbocycles. The van der Waals surface area contributed by atoms with Crippen LogP contribution in [0, 0.1) is 13.5 Å². The van der Waals surface area contributed by atoms with Gasteiger partial charge in [0.25, 0.3) is 0 Å². The predicted molar refractivity (Wildman–Crippen MR) is 110 cm³/mol.